The predicted molar refractivity (Wildman–Crippen MR) is 65.6 cm³/mol. The van der Waals surface area contributed by atoms with E-state index in [0.29, 0.717) is 13.2 Å². The van der Waals surface area contributed by atoms with Gasteiger partial charge in [-0.3, -0.25) is 4.79 Å². The van der Waals surface area contributed by atoms with Crippen molar-refractivity contribution in [3.05, 3.63) is 30.3 Å². The highest BCUT2D eigenvalue weighted by Crippen LogP contribution is 2.07. The summed E-state index contributed by atoms with van der Waals surface area (Å²) in [6.45, 7) is 2.01. The van der Waals surface area contributed by atoms with Crippen molar-refractivity contribution in [1.82, 2.24) is 10.6 Å². The van der Waals surface area contributed by atoms with Gasteiger partial charge in [0, 0.05) is 0 Å². The van der Waals surface area contributed by atoms with Crippen molar-refractivity contribution in [2.24, 2.45) is 0 Å². The van der Waals surface area contributed by atoms with E-state index < -0.39 is 18.0 Å². The molecule has 0 fully saturated rings. The smallest absolute Gasteiger partial charge is 0.325 e. The molecule has 0 unspecified atom stereocenters. The summed E-state index contributed by atoms with van der Waals surface area (Å²) in [5, 5.41) is 13.4. The summed E-state index contributed by atoms with van der Waals surface area (Å²) in [5.74, 6) is -0.357. The summed E-state index contributed by atoms with van der Waals surface area (Å²) in [5.41, 5.74) is 0. The van der Waals surface area contributed by atoms with Gasteiger partial charge in [-0.25, -0.2) is 4.79 Å². The quantitative estimate of drug-likeness (QED) is 0.655. The molecule has 0 saturated carbocycles. The van der Waals surface area contributed by atoms with Gasteiger partial charge in [0.05, 0.1) is 6.54 Å². The second-order valence-electron chi connectivity index (χ2n) is 3.62. The molecule has 0 spiro atoms. The van der Waals surface area contributed by atoms with E-state index in [4.69, 9.17) is 9.84 Å². The van der Waals surface area contributed by atoms with Crippen molar-refractivity contribution in [2.45, 2.75) is 13.0 Å². The average molecular weight is 252 g/mol. The van der Waals surface area contributed by atoms with Crippen LogP contribution in [0.25, 0.3) is 0 Å². The minimum absolute atomic E-state index is 0.299. The number of rotatable bonds is 6. The van der Waals surface area contributed by atoms with Gasteiger partial charge in [-0.2, -0.15) is 0 Å². The number of urea groups is 1. The topological polar surface area (TPSA) is 87.7 Å². The Kier molecular flexibility index (Phi) is 5.50. The van der Waals surface area contributed by atoms with Gasteiger partial charge in [-0.1, -0.05) is 18.2 Å². The van der Waals surface area contributed by atoms with E-state index in [9.17, 15) is 9.59 Å². The largest absolute Gasteiger partial charge is 0.492 e. The maximum absolute atomic E-state index is 11.2. The highest BCUT2D eigenvalue weighted by Gasteiger charge is 2.12. The molecule has 2 amide bonds. The van der Waals surface area contributed by atoms with Crippen LogP contribution in [0.1, 0.15) is 6.92 Å². The molecule has 1 rings (SSSR count). The zero-order valence-electron chi connectivity index (χ0n) is 10.1. The molecule has 0 aliphatic rings. The summed E-state index contributed by atoms with van der Waals surface area (Å²) in [6, 6.07) is 7.76. The van der Waals surface area contributed by atoms with Crippen LogP contribution in [0, 0.1) is 0 Å². The van der Waals surface area contributed by atoms with Gasteiger partial charge in [0.1, 0.15) is 18.4 Å². The molecule has 0 heterocycles. The minimum atomic E-state index is -1.08. The maximum Gasteiger partial charge on any atom is 0.325 e. The Labute approximate surface area is 105 Å². The highest BCUT2D eigenvalue weighted by molar-refractivity contribution is 5.82. The van der Waals surface area contributed by atoms with Gasteiger partial charge in [-0.05, 0) is 19.1 Å². The number of hydrogen-bond donors (Lipinski definition) is 3. The number of carboxylic acids is 1. The second-order valence-corrected chi connectivity index (χ2v) is 3.62. The van der Waals surface area contributed by atoms with Crippen molar-refractivity contribution >= 4 is 12.0 Å². The predicted octanol–water partition coefficient (Wildman–Crippen LogP) is 0.838. The van der Waals surface area contributed by atoms with Crippen molar-refractivity contribution in [3.63, 3.8) is 0 Å². The van der Waals surface area contributed by atoms with Crippen LogP contribution in [0.3, 0.4) is 0 Å². The molecule has 0 radical (unpaired) electrons. The first-order valence-electron chi connectivity index (χ1n) is 5.54. The number of para-hydroxylation sites is 1. The zero-order valence-corrected chi connectivity index (χ0v) is 10.1. The lowest BCUT2D eigenvalue weighted by Gasteiger charge is -2.11. The molecular formula is C12H16N2O4. The number of carboxylic acid groups (broad SMARTS) is 1. The molecule has 6 heteroatoms. The average Bonchev–Trinajstić information content (AvgIpc) is 2.35. The first-order valence-corrected chi connectivity index (χ1v) is 5.54. The highest BCUT2D eigenvalue weighted by atomic mass is 16.5. The number of benzene rings is 1. The van der Waals surface area contributed by atoms with E-state index in [1.807, 2.05) is 30.3 Å². The van der Waals surface area contributed by atoms with Crippen LogP contribution >= 0.6 is 0 Å². The van der Waals surface area contributed by atoms with Crippen molar-refractivity contribution in [2.75, 3.05) is 13.2 Å². The summed E-state index contributed by atoms with van der Waals surface area (Å²) in [7, 11) is 0. The van der Waals surface area contributed by atoms with Gasteiger partial charge < -0.3 is 20.5 Å². The number of carbonyl (C=O) groups excluding carboxylic acids is 1. The first kappa shape index (κ1) is 13.8. The minimum Gasteiger partial charge on any atom is -0.492 e. The first-order chi connectivity index (χ1) is 8.59. The molecule has 1 atom stereocenters. The van der Waals surface area contributed by atoms with Crippen LogP contribution in [-0.2, 0) is 4.79 Å². The van der Waals surface area contributed by atoms with Crippen LogP contribution < -0.4 is 15.4 Å². The van der Waals surface area contributed by atoms with E-state index in [-0.39, 0.29) is 0 Å². The van der Waals surface area contributed by atoms with Gasteiger partial charge >= 0.3 is 12.0 Å². The number of ether oxygens (including phenoxy) is 1. The van der Waals surface area contributed by atoms with Crippen LogP contribution in [-0.4, -0.2) is 36.3 Å². The molecule has 3 N–H and O–H groups in total. The van der Waals surface area contributed by atoms with E-state index >= 15 is 0 Å². The van der Waals surface area contributed by atoms with Crippen LogP contribution in [0.15, 0.2) is 30.3 Å². The summed E-state index contributed by atoms with van der Waals surface area (Å²) >= 11 is 0. The van der Waals surface area contributed by atoms with Gasteiger partial charge in [-0.15, -0.1) is 0 Å². The summed E-state index contributed by atoms with van der Waals surface area (Å²) in [4.78, 5) is 21.7. The molecule has 98 valence electrons. The SMILES string of the molecule is C[C@@H](NC(=O)NCCOc1ccccc1)C(=O)O. The van der Waals surface area contributed by atoms with Crippen molar-refractivity contribution < 1.29 is 19.4 Å². The lowest BCUT2D eigenvalue weighted by molar-refractivity contribution is -0.138. The Morgan fingerprint density at radius 3 is 2.61 bits per heavy atom. The molecule has 6 nitrogen and oxygen atoms in total. The monoisotopic (exact) mass is 252 g/mol. The normalized spacial score (nSPS) is 11.4. The molecule has 0 bridgehead atoms. The van der Waals surface area contributed by atoms with Crippen LogP contribution in [0.2, 0.25) is 0 Å². The number of hydrogen-bond acceptors (Lipinski definition) is 3. The third-order valence-electron chi connectivity index (χ3n) is 2.12. The number of amides is 2. The standard InChI is InChI=1S/C12H16N2O4/c1-9(11(15)16)14-12(17)13-7-8-18-10-5-3-2-4-6-10/h2-6,9H,7-8H2,1H3,(H,15,16)(H2,13,14,17)/t9-/m1/s1. The number of aliphatic carboxylic acids is 1. The third-order valence-corrected chi connectivity index (χ3v) is 2.12. The van der Waals surface area contributed by atoms with Crippen molar-refractivity contribution in [1.29, 1.82) is 0 Å². The van der Waals surface area contributed by atoms with E-state index in [0.717, 1.165) is 5.75 Å². The Morgan fingerprint density at radius 1 is 1.33 bits per heavy atom. The fourth-order valence-corrected chi connectivity index (χ4v) is 1.16. The molecule has 1 aromatic rings. The molecular weight excluding hydrogens is 236 g/mol. The lowest BCUT2D eigenvalue weighted by atomic mass is 10.3. The Morgan fingerprint density at radius 2 is 2.00 bits per heavy atom. The van der Waals surface area contributed by atoms with Crippen LogP contribution in [0.5, 0.6) is 5.75 Å². The van der Waals surface area contributed by atoms with Gasteiger partial charge in [0.15, 0.2) is 0 Å². The van der Waals surface area contributed by atoms with E-state index in [1.165, 1.54) is 6.92 Å². The lowest BCUT2D eigenvalue weighted by Crippen LogP contribution is -2.45. The number of carbonyl (C=O) groups is 2. The fraction of sp³-hybridized carbons (Fsp3) is 0.333. The van der Waals surface area contributed by atoms with Crippen LogP contribution in [0.4, 0.5) is 4.79 Å². The maximum atomic E-state index is 11.2. The summed E-state index contributed by atoms with van der Waals surface area (Å²) in [6.07, 6.45) is 0. The molecule has 0 saturated heterocycles. The molecule has 0 aliphatic carbocycles. The fourth-order valence-electron chi connectivity index (χ4n) is 1.16. The second kappa shape index (κ2) is 7.16. The van der Waals surface area contributed by atoms with Crippen molar-refractivity contribution in [3.8, 4) is 5.75 Å². The Bertz CT molecular complexity index is 394. The molecule has 0 aromatic heterocycles. The molecule has 0 aliphatic heterocycles. The molecule has 1 aromatic carbocycles. The van der Waals surface area contributed by atoms with E-state index in [2.05, 4.69) is 10.6 Å². The van der Waals surface area contributed by atoms with E-state index in [1.54, 1.807) is 0 Å². The Balaban J connectivity index is 2.14. The van der Waals surface area contributed by atoms with Gasteiger partial charge in [0.2, 0.25) is 0 Å². The Hall–Kier alpha value is -2.24. The van der Waals surface area contributed by atoms with Gasteiger partial charge in [0.25, 0.3) is 0 Å². The third kappa shape index (κ3) is 5.20. The zero-order chi connectivity index (χ0) is 13.4. The summed E-state index contributed by atoms with van der Waals surface area (Å²) < 4.78 is 5.35. The number of nitrogens with one attached hydrogen (secondary N) is 2. The molecule has 18 heavy (non-hydrogen) atoms.